The van der Waals surface area contributed by atoms with Crippen molar-refractivity contribution in [3.05, 3.63) is 0 Å². The Hall–Kier alpha value is -2.34. The third kappa shape index (κ3) is 46.7. The van der Waals surface area contributed by atoms with E-state index in [4.69, 9.17) is 10.00 Å². The Morgan fingerprint density at radius 3 is 1.42 bits per heavy atom. The molecule has 0 aromatic carbocycles. The van der Waals surface area contributed by atoms with Gasteiger partial charge < -0.3 is 19.3 Å². The molecule has 0 aliphatic carbocycles. The van der Waals surface area contributed by atoms with Crippen LogP contribution < -0.4 is 5.32 Å². The summed E-state index contributed by atoms with van der Waals surface area (Å²) in [7, 11) is 3.81. The van der Waals surface area contributed by atoms with Gasteiger partial charge in [-0.05, 0) is 83.8 Å². The second-order valence-electron chi connectivity index (χ2n) is 17.5. The van der Waals surface area contributed by atoms with Gasteiger partial charge in [0.05, 0.1) is 6.61 Å². The van der Waals surface area contributed by atoms with Crippen molar-refractivity contribution in [1.29, 1.82) is 5.26 Å². The third-order valence-electron chi connectivity index (χ3n) is 11.4. The summed E-state index contributed by atoms with van der Waals surface area (Å²) in [5.41, 5.74) is 0. The number of rotatable bonds is 44. The predicted molar refractivity (Wildman–Crippen MR) is 257 cm³/mol. The first-order chi connectivity index (χ1) is 29.4. The van der Waals surface area contributed by atoms with E-state index >= 15 is 0 Å². The van der Waals surface area contributed by atoms with Gasteiger partial charge in [0.25, 0.3) is 6.47 Å². The molecule has 60 heavy (non-hydrogen) atoms. The summed E-state index contributed by atoms with van der Waals surface area (Å²) in [5.74, 6) is 0.670. The van der Waals surface area contributed by atoms with Gasteiger partial charge in [-0.2, -0.15) is 5.26 Å². The van der Waals surface area contributed by atoms with E-state index in [9.17, 15) is 9.59 Å². The molecular weight excluding hydrogens is 747 g/mol. The standard InChI is InChI=1S/C41H81N5O2.C10H20O2/c1-6-9-12-15-19-24-31-39(32-25-20-16-13-10-7-2)48-40(47)33-26-21-18-23-29-36-46(35-28-22-17-14-11-8-3)37-30-27-34-43-41(44-38-42)45(4)5;1-2-3-4-5-6-7-8-9-12-10-11/h39H,6-37H2,1-5H3,(H,43,44);10H,2-9H2,1H3. The normalized spacial score (nSPS) is 11.3. The first-order valence-corrected chi connectivity index (χ1v) is 25.7. The Kier molecular flexibility index (Phi) is 50.8. The number of esters is 1. The summed E-state index contributed by atoms with van der Waals surface area (Å²) in [4.78, 5) is 31.6. The number of hydrogen-bond acceptors (Lipinski definition) is 7. The maximum absolute atomic E-state index is 12.8. The molecule has 0 fully saturated rings. The zero-order valence-electron chi connectivity index (χ0n) is 40.9. The van der Waals surface area contributed by atoms with Gasteiger partial charge in [0.1, 0.15) is 6.10 Å². The van der Waals surface area contributed by atoms with Crippen molar-refractivity contribution in [2.24, 2.45) is 4.99 Å². The highest BCUT2D eigenvalue weighted by Gasteiger charge is 2.14. The number of nitrogens with zero attached hydrogens (tertiary/aromatic N) is 4. The topological polar surface area (TPSA) is 107 Å². The monoisotopic (exact) mass is 848 g/mol. The molecule has 0 saturated heterocycles. The fourth-order valence-electron chi connectivity index (χ4n) is 7.56. The quantitative estimate of drug-likeness (QED) is 0.0123. The minimum Gasteiger partial charge on any atom is -0.468 e. The van der Waals surface area contributed by atoms with Crippen molar-refractivity contribution in [2.45, 2.75) is 259 Å². The molecule has 0 atom stereocenters. The van der Waals surface area contributed by atoms with Crippen LogP contribution in [0.25, 0.3) is 0 Å². The van der Waals surface area contributed by atoms with Crippen LogP contribution in [0, 0.1) is 11.5 Å². The maximum Gasteiger partial charge on any atom is 0.306 e. The highest BCUT2D eigenvalue weighted by molar-refractivity contribution is 5.80. The summed E-state index contributed by atoms with van der Waals surface area (Å²) in [5, 5.41) is 11.6. The molecule has 0 spiro atoms. The lowest BCUT2D eigenvalue weighted by Gasteiger charge is -2.22. The van der Waals surface area contributed by atoms with Gasteiger partial charge in [0.15, 0.2) is 6.19 Å². The number of carbonyl (C=O) groups excluding carboxylic acids is 2. The van der Waals surface area contributed by atoms with Crippen LogP contribution in [0.1, 0.15) is 252 Å². The van der Waals surface area contributed by atoms with Gasteiger partial charge in [-0.3, -0.25) is 19.9 Å². The summed E-state index contributed by atoms with van der Waals surface area (Å²) in [6, 6.07) is 0. The summed E-state index contributed by atoms with van der Waals surface area (Å²) < 4.78 is 10.6. The van der Waals surface area contributed by atoms with E-state index in [0.29, 0.717) is 25.5 Å². The molecular formula is C51H101N5O4. The Morgan fingerprint density at radius 2 is 0.983 bits per heavy atom. The summed E-state index contributed by atoms with van der Waals surface area (Å²) in [6.45, 7) is 14.4. The lowest BCUT2D eigenvalue weighted by molar-refractivity contribution is -0.150. The van der Waals surface area contributed by atoms with Crippen molar-refractivity contribution in [1.82, 2.24) is 15.1 Å². The zero-order chi connectivity index (χ0) is 44.4. The van der Waals surface area contributed by atoms with Gasteiger partial charge in [-0.15, -0.1) is 0 Å². The maximum atomic E-state index is 12.8. The number of unbranched alkanes of at least 4 members (excludes halogenated alkanes) is 26. The highest BCUT2D eigenvalue weighted by atomic mass is 16.5. The Morgan fingerprint density at radius 1 is 0.583 bits per heavy atom. The molecule has 0 aromatic heterocycles. The third-order valence-corrected chi connectivity index (χ3v) is 11.4. The first-order valence-electron chi connectivity index (χ1n) is 25.7. The molecule has 0 radical (unpaired) electrons. The van der Waals surface area contributed by atoms with Crippen molar-refractivity contribution >= 4 is 18.4 Å². The van der Waals surface area contributed by atoms with Gasteiger partial charge >= 0.3 is 5.97 Å². The molecule has 0 heterocycles. The Labute approximate surface area is 373 Å². The Balaban J connectivity index is 0. The van der Waals surface area contributed by atoms with E-state index < -0.39 is 0 Å². The average Bonchev–Trinajstić information content (AvgIpc) is 3.24. The van der Waals surface area contributed by atoms with Crippen LogP contribution in [0.3, 0.4) is 0 Å². The second-order valence-corrected chi connectivity index (χ2v) is 17.5. The van der Waals surface area contributed by atoms with E-state index in [1.165, 1.54) is 180 Å². The van der Waals surface area contributed by atoms with E-state index in [-0.39, 0.29) is 12.1 Å². The molecule has 0 aliphatic rings. The van der Waals surface area contributed by atoms with Crippen molar-refractivity contribution < 1.29 is 19.1 Å². The van der Waals surface area contributed by atoms with Crippen molar-refractivity contribution in [2.75, 3.05) is 46.9 Å². The van der Waals surface area contributed by atoms with Crippen LogP contribution in [0.2, 0.25) is 0 Å². The fraction of sp³-hybridized carbons (Fsp3) is 0.922. The van der Waals surface area contributed by atoms with E-state index in [1.807, 2.05) is 25.2 Å². The number of ether oxygens (including phenoxy) is 2. The minimum atomic E-state index is 0.0347. The van der Waals surface area contributed by atoms with Crippen LogP contribution in [-0.4, -0.2) is 81.2 Å². The molecule has 354 valence electrons. The largest absolute Gasteiger partial charge is 0.468 e. The second kappa shape index (κ2) is 51.0. The lowest BCUT2D eigenvalue weighted by atomic mass is 10.0. The number of carbonyl (C=O) groups is 2. The van der Waals surface area contributed by atoms with Gasteiger partial charge in [0.2, 0.25) is 5.96 Å². The minimum absolute atomic E-state index is 0.0347. The molecule has 0 unspecified atom stereocenters. The number of nitriles is 1. The molecule has 9 nitrogen and oxygen atoms in total. The SMILES string of the molecule is CCCCCCCCC(CCCCCCCC)OC(=O)CCCCCCCN(CCCCCCCC)CCCCN=C(NC#N)N(C)C.CCCCCCCCCOC=O. The molecule has 0 aliphatic heterocycles. The summed E-state index contributed by atoms with van der Waals surface area (Å²) >= 11 is 0. The molecule has 0 aromatic rings. The molecule has 1 N–H and O–H groups in total. The first kappa shape index (κ1) is 59.8. The van der Waals surface area contributed by atoms with Gasteiger partial charge in [-0.1, -0.05) is 182 Å². The van der Waals surface area contributed by atoms with Crippen LogP contribution in [0.4, 0.5) is 0 Å². The number of guanidine groups is 1. The smallest absolute Gasteiger partial charge is 0.306 e. The van der Waals surface area contributed by atoms with Gasteiger partial charge in [-0.25, -0.2) is 0 Å². The highest BCUT2D eigenvalue weighted by Crippen LogP contribution is 2.18. The van der Waals surface area contributed by atoms with E-state index in [1.54, 1.807) is 0 Å². The number of nitrogens with one attached hydrogen (secondary N) is 1. The van der Waals surface area contributed by atoms with Crippen LogP contribution in [0.15, 0.2) is 4.99 Å². The number of hydrogen-bond donors (Lipinski definition) is 1. The molecule has 9 heteroatoms. The Bertz CT molecular complexity index is 940. The van der Waals surface area contributed by atoms with Crippen molar-refractivity contribution in [3.8, 4) is 6.19 Å². The average molecular weight is 848 g/mol. The molecule has 0 amide bonds. The van der Waals surface area contributed by atoms with Crippen LogP contribution in [0.5, 0.6) is 0 Å². The van der Waals surface area contributed by atoms with Crippen LogP contribution in [-0.2, 0) is 19.1 Å². The van der Waals surface area contributed by atoms with E-state index in [2.05, 4.69) is 47.6 Å². The fourth-order valence-corrected chi connectivity index (χ4v) is 7.56. The van der Waals surface area contributed by atoms with Gasteiger partial charge in [0, 0.05) is 27.1 Å². The molecule has 0 saturated carbocycles. The lowest BCUT2D eigenvalue weighted by Crippen LogP contribution is -2.33. The predicted octanol–water partition coefficient (Wildman–Crippen LogP) is 14.1. The molecule has 0 bridgehead atoms. The van der Waals surface area contributed by atoms with Crippen molar-refractivity contribution in [3.63, 3.8) is 0 Å². The van der Waals surface area contributed by atoms with E-state index in [0.717, 1.165) is 64.6 Å². The summed E-state index contributed by atoms with van der Waals surface area (Å²) in [6.07, 6.45) is 45.0. The molecule has 0 rings (SSSR count). The zero-order valence-corrected chi connectivity index (χ0v) is 40.9. The number of aliphatic imine (C=N–C) groups is 1. The van der Waals surface area contributed by atoms with Crippen LogP contribution >= 0.6 is 0 Å².